The Bertz CT molecular complexity index is 782. The number of hydrogen-bond donors (Lipinski definition) is 3. The lowest BCUT2D eigenvalue weighted by atomic mass is 9.76. The van der Waals surface area contributed by atoms with Gasteiger partial charge in [-0.1, -0.05) is 13.8 Å². The number of pyridine rings is 1. The van der Waals surface area contributed by atoms with Crippen LogP contribution in [0.15, 0.2) is 12.1 Å². The number of aromatic amines is 1. The smallest absolute Gasteiger partial charge is 0.267 e. The van der Waals surface area contributed by atoms with Gasteiger partial charge in [0.05, 0.1) is 12.3 Å². The minimum Gasteiger partial charge on any atom is -0.383 e. The maximum absolute atomic E-state index is 11.7. The SMILES string of the molecule is COCCNc1cc(-c2n[nH]c3c2CCC(C)(C)C3)cc(C(N)=O)n1. The molecule has 7 heteroatoms. The number of nitrogens with one attached hydrogen (secondary N) is 2. The van der Waals surface area contributed by atoms with Gasteiger partial charge < -0.3 is 15.8 Å². The van der Waals surface area contributed by atoms with Crippen molar-refractivity contribution in [1.82, 2.24) is 15.2 Å². The Kier molecular flexibility index (Phi) is 4.76. The zero-order valence-electron chi connectivity index (χ0n) is 15.0. The summed E-state index contributed by atoms with van der Waals surface area (Å²) in [6.07, 6.45) is 3.05. The van der Waals surface area contributed by atoms with Crippen molar-refractivity contribution in [3.8, 4) is 11.3 Å². The van der Waals surface area contributed by atoms with Crippen molar-refractivity contribution < 1.29 is 9.53 Å². The first-order chi connectivity index (χ1) is 11.9. The normalized spacial score (nSPS) is 15.6. The number of nitrogens with two attached hydrogens (primary N) is 1. The summed E-state index contributed by atoms with van der Waals surface area (Å²) in [7, 11) is 1.64. The van der Waals surface area contributed by atoms with Crippen molar-refractivity contribution >= 4 is 11.7 Å². The molecule has 1 aliphatic carbocycles. The molecule has 3 rings (SSSR count). The van der Waals surface area contributed by atoms with Crippen LogP contribution in [-0.2, 0) is 17.6 Å². The van der Waals surface area contributed by atoms with Crippen LogP contribution in [0.5, 0.6) is 0 Å². The number of ether oxygens (including phenoxy) is 1. The van der Waals surface area contributed by atoms with Gasteiger partial charge in [-0.05, 0) is 36.8 Å². The Morgan fingerprint density at radius 1 is 1.44 bits per heavy atom. The maximum atomic E-state index is 11.7. The molecular formula is C18H25N5O2. The maximum Gasteiger partial charge on any atom is 0.267 e. The predicted molar refractivity (Wildman–Crippen MR) is 96.5 cm³/mol. The van der Waals surface area contributed by atoms with E-state index < -0.39 is 5.91 Å². The van der Waals surface area contributed by atoms with Gasteiger partial charge in [0.2, 0.25) is 0 Å². The molecule has 2 aromatic heterocycles. The molecule has 0 atom stereocenters. The van der Waals surface area contributed by atoms with Crippen LogP contribution in [0.25, 0.3) is 11.3 Å². The fraction of sp³-hybridized carbons (Fsp3) is 0.500. The quantitative estimate of drug-likeness (QED) is 0.697. The number of amides is 1. The third kappa shape index (κ3) is 3.82. The van der Waals surface area contributed by atoms with E-state index in [-0.39, 0.29) is 11.1 Å². The van der Waals surface area contributed by atoms with Crippen LogP contribution >= 0.6 is 0 Å². The van der Waals surface area contributed by atoms with Crippen LogP contribution in [-0.4, -0.2) is 41.3 Å². The number of hydrogen-bond acceptors (Lipinski definition) is 5. The highest BCUT2D eigenvalue weighted by Gasteiger charge is 2.29. The number of fused-ring (bicyclic) bond motifs is 1. The molecule has 0 spiro atoms. The van der Waals surface area contributed by atoms with E-state index in [0.29, 0.717) is 19.0 Å². The number of primary amides is 1. The predicted octanol–water partition coefficient (Wildman–Crippen LogP) is 2.14. The van der Waals surface area contributed by atoms with E-state index in [0.717, 1.165) is 30.5 Å². The monoisotopic (exact) mass is 343 g/mol. The van der Waals surface area contributed by atoms with Crippen LogP contribution in [0, 0.1) is 5.41 Å². The summed E-state index contributed by atoms with van der Waals surface area (Å²) in [5, 5.41) is 10.8. The van der Waals surface area contributed by atoms with Crippen molar-refractivity contribution in [1.29, 1.82) is 0 Å². The van der Waals surface area contributed by atoms with Crippen LogP contribution in [0.1, 0.15) is 42.0 Å². The zero-order valence-corrected chi connectivity index (χ0v) is 15.0. The first-order valence-electron chi connectivity index (χ1n) is 8.51. The van der Waals surface area contributed by atoms with E-state index in [1.54, 1.807) is 13.2 Å². The number of H-pyrrole nitrogens is 1. The molecule has 0 bridgehead atoms. The molecule has 0 fully saturated rings. The van der Waals surface area contributed by atoms with Gasteiger partial charge in [-0.15, -0.1) is 0 Å². The summed E-state index contributed by atoms with van der Waals surface area (Å²) in [6.45, 7) is 5.68. The summed E-state index contributed by atoms with van der Waals surface area (Å²) >= 11 is 0. The molecule has 0 aromatic carbocycles. The first kappa shape index (κ1) is 17.4. The number of anilines is 1. The van der Waals surface area contributed by atoms with Crippen LogP contribution < -0.4 is 11.1 Å². The van der Waals surface area contributed by atoms with Crippen molar-refractivity contribution in [3.63, 3.8) is 0 Å². The fourth-order valence-electron chi connectivity index (χ4n) is 3.25. The van der Waals surface area contributed by atoms with Crippen molar-refractivity contribution in [2.24, 2.45) is 11.1 Å². The highest BCUT2D eigenvalue weighted by atomic mass is 16.5. The molecule has 25 heavy (non-hydrogen) atoms. The van der Waals surface area contributed by atoms with Gasteiger partial charge in [0, 0.05) is 30.5 Å². The number of nitrogens with zero attached hydrogens (tertiary/aromatic N) is 2. The van der Waals surface area contributed by atoms with Crippen molar-refractivity contribution in [2.45, 2.75) is 33.1 Å². The zero-order chi connectivity index (χ0) is 18.0. The molecule has 134 valence electrons. The molecule has 0 radical (unpaired) electrons. The van der Waals surface area contributed by atoms with Crippen LogP contribution in [0.3, 0.4) is 0 Å². The van der Waals surface area contributed by atoms with Gasteiger partial charge in [-0.2, -0.15) is 5.10 Å². The molecule has 0 unspecified atom stereocenters. The highest BCUT2D eigenvalue weighted by Crippen LogP contribution is 2.38. The number of methoxy groups -OCH3 is 1. The molecule has 0 aliphatic heterocycles. The number of rotatable bonds is 6. The molecule has 2 aromatic rings. The molecule has 0 saturated heterocycles. The van der Waals surface area contributed by atoms with E-state index in [4.69, 9.17) is 10.5 Å². The molecule has 1 amide bonds. The van der Waals surface area contributed by atoms with Gasteiger partial charge >= 0.3 is 0 Å². The Hall–Kier alpha value is -2.41. The minimum absolute atomic E-state index is 0.227. The second-order valence-corrected chi connectivity index (χ2v) is 7.28. The minimum atomic E-state index is -0.554. The summed E-state index contributed by atoms with van der Waals surface area (Å²) in [5.41, 5.74) is 10.1. The standard InChI is InChI=1S/C18H25N5O2/c1-18(2)5-4-12-14(10-18)22-23-16(12)11-8-13(17(19)24)21-15(9-11)20-6-7-25-3/h8-9H,4-7,10H2,1-3H3,(H2,19,24)(H,20,21)(H,22,23). The van der Waals surface area contributed by atoms with E-state index in [9.17, 15) is 4.79 Å². The third-order valence-electron chi connectivity index (χ3n) is 4.62. The van der Waals surface area contributed by atoms with E-state index >= 15 is 0 Å². The second-order valence-electron chi connectivity index (χ2n) is 7.28. The lowest BCUT2D eigenvalue weighted by Gasteiger charge is -2.29. The van der Waals surface area contributed by atoms with Gasteiger partial charge in [-0.25, -0.2) is 4.98 Å². The lowest BCUT2D eigenvalue weighted by Crippen LogP contribution is -2.22. The first-order valence-corrected chi connectivity index (χ1v) is 8.51. The van der Waals surface area contributed by atoms with Crippen molar-refractivity contribution in [2.75, 3.05) is 25.6 Å². The average Bonchev–Trinajstić information content (AvgIpc) is 2.96. The van der Waals surface area contributed by atoms with Gasteiger partial charge in [-0.3, -0.25) is 9.89 Å². The Balaban J connectivity index is 1.97. The van der Waals surface area contributed by atoms with Crippen LogP contribution in [0.4, 0.5) is 5.82 Å². The number of aromatic nitrogens is 3. The topological polar surface area (TPSA) is 106 Å². The van der Waals surface area contributed by atoms with E-state index in [1.165, 1.54) is 11.3 Å². The number of carbonyl (C=O) groups excluding carboxylic acids is 1. The number of carbonyl (C=O) groups is 1. The Morgan fingerprint density at radius 3 is 2.96 bits per heavy atom. The average molecular weight is 343 g/mol. The molecule has 4 N–H and O–H groups in total. The summed E-state index contributed by atoms with van der Waals surface area (Å²) in [6, 6.07) is 3.61. The Labute approximate surface area is 147 Å². The molecule has 1 aliphatic rings. The van der Waals surface area contributed by atoms with E-state index in [1.807, 2.05) is 6.07 Å². The van der Waals surface area contributed by atoms with E-state index in [2.05, 4.69) is 34.3 Å². The van der Waals surface area contributed by atoms with Gasteiger partial charge in [0.25, 0.3) is 5.91 Å². The van der Waals surface area contributed by atoms with Crippen molar-refractivity contribution in [3.05, 3.63) is 29.1 Å². The Morgan fingerprint density at radius 2 is 2.24 bits per heavy atom. The largest absolute Gasteiger partial charge is 0.383 e. The fourth-order valence-corrected chi connectivity index (χ4v) is 3.25. The highest BCUT2D eigenvalue weighted by molar-refractivity contribution is 5.92. The second kappa shape index (κ2) is 6.84. The third-order valence-corrected chi connectivity index (χ3v) is 4.62. The summed E-state index contributed by atoms with van der Waals surface area (Å²) in [5.74, 6) is 0.0402. The molecule has 0 saturated carbocycles. The molecular weight excluding hydrogens is 318 g/mol. The molecule has 2 heterocycles. The van der Waals surface area contributed by atoms with Crippen LogP contribution in [0.2, 0.25) is 0 Å². The van der Waals surface area contributed by atoms with Gasteiger partial charge in [0.1, 0.15) is 11.5 Å². The lowest BCUT2D eigenvalue weighted by molar-refractivity contribution is 0.0995. The van der Waals surface area contributed by atoms with Gasteiger partial charge in [0.15, 0.2) is 0 Å². The summed E-state index contributed by atoms with van der Waals surface area (Å²) in [4.78, 5) is 15.9. The summed E-state index contributed by atoms with van der Waals surface area (Å²) < 4.78 is 5.04. The molecule has 7 nitrogen and oxygen atoms in total.